The first-order valence-corrected chi connectivity index (χ1v) is 7.67. The Kier molecular flexibility index (Phi) is 5.45. The van der Waals surface area contributed by atoms with Gasteiger partial charge in [0.25, 0.3) is 0 Å². The molecule has 110 valence electrons. The summed E-state index contributed by atoms with van der Waals surface area (Å²) >= 11 is 8.38. The number of benzene rings is 2. The Labute approximate surface area is 137 Å². The van der Waals surface area contributed by atoms with Gasteiger partial charge < -0.3 is 5.73 Å². The van der Waals surface area contributed by atoms with E-state index in [2.05, 4.69) is 20.8 Å². The quantitative estimate of drug-likeness (QED) is 0.814. The first-order valence-electron chi connectivity index (χ1n) is 6.47. The molecule has 2 aromatic rings. The fourth-order valence-electron chi connectivity index (χ4n) is 2.13. The van der Waals surface area contributed by atoms with Gasteiger partial charge in [0.2, 0.25) is 0 Å². The summed E-state index contributed by atoms with van der Waals surface area (Å²) in [5.41, 5.74) is 8.71. The summed E-state index contributed by atoms with van der Waals surface area (Å²) in [6.07, 6.45) is 0. The lowest BCUT2D eigenvalue weighted by atomic mass is 10.1. The first-order chi connectivity index (χ1) is 9.95. The highest BCUT2D eigenvalue weighted by atomic mass is 79.9. The second kappa shape index (κ2) is 7.11. The van der Waals surface area contributed by atoms with Crippen molar-refractivity contribution in [1.29, 1.82) is 0 Å². The molecule has 0 aliphatic heterocycles. The van der Waals surface area contributed by atoms with Crippen molar-refractivity contribution < 1.29 is 4.39 Å². The molecular weight excluding hydrogens is 351 g/mol. The predicted octanol–water partition coefficient (Wildman–Crippen LogP) is 3.85. The number of rotatable bonds is 5. The molecule has 0 fully saturated rings. The standard InChI is InChI=1S/C16H16BrFN2S/c1-20(10-13-5-6-14(18)8-15(13)17)9-11-3-2-4-12(7-11)16(19)21/h2-8H,9-10H2,1H3,(H2,19,21). The van der Waals surface area contributed by atoms with E-state index in [0.29, 0.717) is 4.99 Å². The molecule has 21 heavy (non-hydrogen) atoms. The van der Waals surface area contributed by atoms with Crippen molar-refractivity contribution in [3.63, 3.8) is 0 Å². The van der Waals surface area contributed by atoms with Crippen LogP contribution in [0, 0.1) is 5.82 Å². The molecule has 0 aromatic heterocycles. The monoisotopic (exact) mass is 366 g/mol. The van der Waals surface area contributed by atoms with Gasteiger partial charge in [-0.25, -0.2) is 4.39 Å². The Morgan fingerprint density at radius 2 is 2.00 bits per heavy atom. The summed E-state index contributed by atoms with van der Waals surface area (Å²) in [4.78, 5) is 2.55. The molecule has 0 atom stereocenters. The molecule has 2 nitrogen and oxygen atoms in total. The van der Waals surface area contributed by atoms with E-state index in [4.69, 9.17) is 18.0 Å². The predicted molar refractivity (Wildman–Crippen MR) is 91.6 cm³/mol. The molecule has 2 rings (SSSR count). The third kappa shape index (κ3) is 4.59. The Balaban J connectivity index is 2.06. The summed E-state index contributed by atoms with van der Waals surface area (Å²) in [6.45, 7) is 1.48. The van der Waals surface area contributed by atoms with E-state index < -0.39 is 0 Å². The summed E-state index contributed by atoms with van der Waals surface area (Å²) in [5, 5.41) is 0. The molecule has 0 amide bonds. The minimum Gasteiger partial charge on any atom is -0.389 e. The van der Waals surface area contributed by atoms with Gasteiger partial charge in [0, 0.05) is 23.1 Å². The zero-order chi connectivity index (χ0) is 15.4. The largest absolute Gasteiger partial charge is 0.389 e. The lowest BCUT2D eigenvalue weighted by Crippen LogP contribution is -2.18. The van der Waals surface area contributed by atoms with Crippen LogP contribution in [0.15, 0.2) is 46.9 Å². The Morgan fingerprint density at radius 1 is 1.24 bits per heavy atom. The van der Waals surface area contributed by atoms with Crippen molar-refractivity contribution in [3.05, 3.63) is 69.4 Å². The average Bonchev–Trinajstić information content (AvgIpc) is 2.42. The van der Waals surface area contributed by atoms with Crippen LogP contribution >= 0.6 is 28.1 Å². The summed E-state index contributed by atoms with van der Waals surface area (Å²) in [6, 6.07) is 12.6. The normalized spacial score (nSPS) is 10.9. The number of hydrogen-bond donors (Lipinski definition) is 1. The smallest absolute Gasteiger partial charge is 0.124 e. The number of hydrogen-bond acceptors (Lipinski definition) is 2. The van der Waals surface area contributed by atoms with Gasteiger partial charge >= 0.3 is 0 Å². The van der Waals surface area contributed by atoms with Gasteiger partial charge in [0.15, 0.2) is 0 Å². The van der Waals surface area contributed by atoms with Crippen molar-refractivity contribution in [2.75, 3.05) is 7.05 Å². The number of thiocarbonyl (C=S) groups is 1. The van der Waals surface area contributed by atoms with Gasteiger partial charge in [0.1, 0.15) is 10.8 Å². The molecule has 0 aliphatic carbocycles. The first kappa shape index (κ1) is 16.1. The van der Waals surface area contributed by atoms with E-state index in [0.717, 1.165) is 34.3 Å². The fourth-order valence-corrected chi connectivity index (χ4v) is 2.73. The number of nitrogens with two attached hydrogens (primary N) is 1. The topological polar surface area (TPSA) is 29.3 Å². The van der Waals surface area contributed by atoms with E-state index in [1.54, 1.807) is 6.07 Å². The fraction of sp³-hybridized carbons (Fsp3) is 0.188. The van der Waals surface area contributed by atoms with E-state index >= 15 is 0 Å². The molecule has 0 bridgehead atoms. The van der Waals surface area contributed by atoms with Crippen molar-refractivity contribution in [2.24, 2.45) is 5.73 Å². The second-order valence-electron chi connectivity index (χ2n) is 4.97. The van der Waals surface area contributed by atoms with Crippen molar-refractivity contribution >= 4 is 33.1 Å². The lowest BCUT2D eigenvalue weighted by Gasteiger charge is -2.18. The van der Waals surface area contributed by atoms with Gasteiger partial charge in [-0.05, 0) is 36.4 Å². The van der Waals surface area contributed by atoms with E-state index in [9.17, 15) is 4.39 Å². The van der Waals surface area contributed by atoms with Gasteiger partial charge in [-0.3, -0.25) is 4.90 Å². The van der Waals surface area contributed by atoms with Crippen molar-refractivity contribution in [3.8, 4) is 0 Å². The molecule has 0 saturated carbocycles. The van der Waals surface area contributed by atoms with Gasteiger partial charge in [-0.1, -0.05) is 52.4 Å². The second-order valence-corrected chi connectivity index (χ2v) is 6.27. The van der Waals surface area contributed by atoms with Crippen LogP contribution in [0.4, 0.5) is 4.39 Å². The van der Waals surface area contributed by atoms with Crippen molar-refractivity contribution in [1.82, 2.24) is 4.90 Å². The van der Waals surface area contributed by atoms with Crippen LogP contribution in [0.2, 0.25) is 0 Å². The maximum absolute atomic E-state index is 13.1. The average molecular weight is 367 g/mol. The zero-order valence-corrected chi connectivity index (χ0v) is 14.0. The van der Waals surface area contributed by atoms with E-state index in [1.807, 2.05) is 31.3 Å². The van der Waals surface area contributed by atoms with Gasteiger partial charge in [0.05, 0.1) is 0 Å². The molecule has 0 spiro atoms. The molecular formula is C16H16BrFN2S. The van der Waals surface area contributed by atoms with Crippen LogP contribution in [-0.4, -0.2) is 16.9 Å². The molecule has 2 aromatic carbocycles. The molecule has 0 unspecified atom stereocenters. The van der Waals surface area contributed by atoms with E-state index in [-0.39, 0.29) is 5.82 Å². The molecule has 5 heteroatoms. The highest BCUT2D eigenvalue weighted by Gasteiger charge is 2.07. The molecule has 0 aliphatic rings. The minimum atomic E-state index is -0.238. The van der Waals surface area contributed by atoms with Crippen molar-refractivity contribution in [2.45, 2.75) is 13.1 Å². The van der Waals surface area contributed by atoms with Gasteiger partial charge in [-0.2, -0.15) is 0 Å². The number of halogens is 2. The molecule has 2 N–H and O–H groups in total. The van der Waals surface area contributed by atoms with E-state index in [1.165, 1.54) is 12.1 Å². The van der Waals surface area contributed by atoms with Crippen LogP contribution < -0.4 is 5.73 Å². The van der Waals surface area contributed by atoms with Crippen LogP contribution in [0.5, 0.6) is 0 Å². The maximum atomic E-state index is 13.1. The minimum absolute atomic E-state index is 0.238. The Hall–Kier alpha value is -1.30. The third-order valence-corrected chi connectivity index (χ3v) is 4.09. The third-order valence-electron chi connectivity index (χ3n) is 3.12. The SMILES string of the molecule is CN(Cc1cccc(C(N)=S)c1)Cc1ccc(F)cc1Br. The van der Waals surface area contributed by atoms with Crippen LogP contribution in [-0.2, 0) is 13.1 Å². The van der Waals surface area contributed by atoms with Crippen LogP contribution in [0.3, 0.4) is 0 Å². The zero-order valence-electron chi connectivity index (χ0n) is 11.6. The molecule has 0 saturated heterocycles. The highest BCUT2D eigenvalue weighted by molar-refractivity contribution is 9.10. The Morgan fingerprint density at radius 3 is 2.67 bits per heavy atom. The highest BCUT2D eigenvalue weighted by Crippen LogP contribution is 2.20. The molecule has 0 heterocycles. The lowest BCUT2D eigenvalue weighted by molar-refractivity contribution is 0.318. The summed E-state index contributed by atoms with van der Waals surface area (Å²) < 4.78 is 13.9. The molecule has 0 radical (unpaired) electrons. The Bertz CT molecular complexity index is 660. The number of nitrogens with zero attached hydrogens (tertiary/aromatic N) is 1. The van der Waals surface area contributed by atoms with Crippen LogP contribution in [0.1, 0.15) is 16.7 Å². The summed E-state index contributed by atoms with van der Waals surface area (Å²) in [7, 11) is 2.02. The van der Waals surface area contributed by atoms with Gasteiger partial charge in [-0.15, -0.1) is 0 Å². The summed E-state index contributed by atoms with van der Waals surface area (Å²) in [5.74, 6) is -0.238. The maximum Gasteiger partial charge on any atom is 0.124 e. The van der Waals surface area contributed by atoms with Crippen LogP contribution in [0.25, 0.3) is 0 Å².